The van der Waals surface area contributed by atoms with Crippen molar-refractivity contribution in [1.82, 2.24) is 0 Å². The van der Waals surface area contributed by atoms with E-state index < -0.39 is 0 Å². The Balaban J connectivity index is 4.95. The number of rotatable bonds is 11. The van der Waals surface area contributed by atoms with Gasteiger partial charge in [-0.25, -0.2) is 0 Å². The van der Waals surface area contributed by atoms with Crippen molar-refractivity contribution < 1.29 is 4.74 Å². The molecule has 22 heavy (non-hydrogen) atoms. The molecular formula is C18H33N3O. The van der Waals surface area contributed by atoms with Crippen LogP contribution in [0.15, 0.2) is 29.0 Å². The first-order valence-corrected chi connectivity index (χ1v) is 8.14. The molecule has 4 nitrogen and oxygen atoms in total. The van der Waals surface area contributed by atoms with Crippen molar-refractivity contribution in [2.75, 3.05) is 6.61 Å². The second-order valence-corrected chi connectivity index (χ2v) is 5.77. The van der Waals surface area contributed by atoms with Gasteiger partial charge in [0.05, 0.1) is 23.2 Å². The molecule has 0 aromatic heterocycles. The summed E-state index contributed by atoms with van der Waals surface area (Å²) in [6, 6.07) is 0. The molecule has 0 bridgehead atoms. The smallest absolute Gasteiger partial charge is 0.0741 e. The molecule has 0 aliphatic rings. The molecule has 0 saturated carbocycles. The lowest BCUT2D eigenvalue weighted by atomic mass is 9.85. The molecule has 0 saturated heterocycles. The zero-order valence-electron chi connectivity index (χ0n) is 14.9. The van der Waals surface area contributed by atoms with Crippen molar-refractivity contribution in [2.24, 2.45) is 22.6 Å². The van der Waals surface area contributed by atoms with Crippen LogP contribution in [0.25, 0.3) is 0 Å². The van der Waals surface area contributed by atoms with Gasteiger partial charge in [-0.3, -0.25) is 4.99 Å². The van der Waals surface area contributed by atoms with Crippen LogP contribution in [0.4, 0.5) is 0 Å². The fraction of sp³-hybridized carbons (Fsp3) is 0.667. The van der Waals surface area contributed by atoms with Crippen LogP contribution in [0.5, 0.6) is 0 Å². The van der Waals surface area contributed by atoms with Gasteiger partial charge in [-0.1, -0.05) is 13.0 Å². The zero-order valence-corrected chi connectivity index (χ0v) is 14.9. The fourth-order valence-corrected chi connectivity index (χ4v) is 2.53. The first-order valence-electron chi connectivity index (χ1n) is 8.14. The molecule has 3 N–H and O–H groups in total. The van der Waals surface area contributed by atoms with Crippen LogP contribution in [0, 0.1) is 17.2 Å². The largest absolute Gasteiger partial charge is 0.396 e. The second kappa shape index (κ2) is 11.2. The number of nitrogens with zero attached hydrogens (tertiary/aromatic N) is 1. The van der Waals surface area contributed by atoms with Gasteiger partial charge >= 0.3 is 0 Å². The second-order valence-electron chi connectivity index (χ2n) is 5.77. The summed E-state index contributed by atoms with van der Waals surface area (Å²) in [5, 5.41) is 7.69. The Morgan fingerprint density at radius 1 is 1.41 bits per heavy atom. The van der Waals surface area contributed by atoms with Crippen LogP contribution in [-0.2, 0) is 4.74 Å². The summed E-state index contributed by atoms with van der Waals surface area (Å²) in [7, 11) is 0. The number of aliphatic imine (C=N–C) groups is 1. The lowest BCUT2D eigenvalue weighted by Gasteiger charge is -2.25. The van der Waals surface area contributed by atoms with Gasteiger partial charge in [0, 0.05) is 12.8 Å². The van der Waals surface area contributed by atoms with Crippen molar-refractivity contribution in [1.29, 1.82) is 5.41 Å². The van der Waals surface area contributed by atoms with Gasteiger partial charge in [0.2, 0.25) is 0 Å². The molecule has 0 radical (unpaired) electrons. The molecule has 2 unspecified atom stereocenters. The van der Waals surface area contributed by atoms with Crippen molar-refractivity contribution in [2.45, 2.75) is 60.0 Å². The standard InChI is InChI=1S/C18H33N3O/c1-7-13(4)16(12-14(5)22-9-3)10-11-17(21-8-2)18(20)15(6)19/h7-8,13-14,16,19H,1,9-12,20H2,2-6H3/b18-17+,19-15?,21-8-/t13?,14-,16?/m1/s1. The lowest BCUT2D eigenvalue weighted by molar-refractivity contribution is 0.0522. The number of ether oxygens (including phenoxy) is 1. The summed E-state index contributed by atoms with van der Waals surface area (Å²) in [6.07, 6.45) is 6.70. The average molecular weight is 307 g/mol. The first kappa shape index (κ1) is 20.6. The Morgan fingerprint density at radius 3 is 2.50 bits per heavy atom. The van der Waals surface area contributed by atoms with E-state index >= 15 is 0 Å². The average Bonchev–Trinajstić information content (AvgIpc) is 2.48. The number of hydrogen-bond acceptors (Lipinski definition) is 4. The van der Waals surface area contributed by atoms with Crippen LogP contribution in [-0.4, -0.2) is 24.6 Å². The summed E-state index contributed by atoms with van der Waals surface area (Å²) in [5.41, 5.74) is 7.65. The summed E-state index contributed by atoms with van der Waals surface area (Å²) in [6.45, 7) is 14.5. The van der Waals surface area contributed by atoms with E-state index in [-0.39, 0.29) is 6.10 Å². The van der Waals surface area contributed by atoms with Gasteiger partial charge < -0.3 is 15.9 Å². The summed E-state index contributed by atoms with van der Waals surface area (Å²) in [5.74, 6) is 0.886. The SMILES string of the molecule is C=CC(C)C(CCC(/N=C\C)=C(\N)C(C)=N)C[C@@H](C)OCC. The molecule has 0 amide bonds. The van der Waals surface area contributed by atoms with Crippen LogP contribution in [0.3, 0.4) is 0 Å². The van der Waals surface area contributed by atoms with Gasteiger partial charge in [0.15, 0.2) is 0 Å². The molecule has 0 spiro atoms. The summed E-state index contributed by atoms with van der Waals surface area (Å²) < 4.78 is 5.67. The highest BCUT2D eigenvalue weighted by Crippen LogP contribution is 2.27. The Kier molecular flexibility index (Phi) is 10.5. The van der Waals surface area contributed by atoms with Crippen LogP contribution in [0.1, 0.15) is 53.9 Å². The van der Waals surface area contributed by atoms with Crippen LogP contribution in [0.2, 0.25) is 0 Å². The highest BCUT2D eigenvalue weighted by molar-refractivity contribution is 5.95. The number of hydrogen-bond donors (Lipinski definition) is 2. The van der Waals surface area contributed by atoms with E-state index in [1.165, 1.54) is 0 Å². The van der Waals surface area contributed by atoms with E-state index in [0.717, 1.165) is 31.6 Å². The Morgan fingerprint density at radius 2 is 2.05 bits per heavy atom. The monoisotopic (exact) mass is 307 g/mol. The van der Waals surface area contributed by atoms with E-state index in [0.29, 0.717) is 23.2 Å². The maximum Gasteiger partial charge on any atom is 0.0741 e. The van der Waals surface area contributed by atoms with Crippen molar-refractivity contribution in [3.05, 3.63) is 24.0 Å². The van der Waals surface area contributed by atoms with Gasteiger partial charge in [-0.2, -0.15) is 0 Å². The topological polar surface area (TPSA) is 71.5 Å². The molecule has 3 atom stereocenters. The summed E-state index contributed by atoms with van der Waals surface area (Å²) >= 11 is 0. The minimum Gasteiger partial charge on any atom is -0.396 e. The molecule has 0 aromatic rings. The molecule has 0 aromatic carbocycles. The molecular weight excluding hydrogens is 274 g/mol. The molecule has 0 heterocycles. The predicted octanol–water partition coefficient (Wildman–Crippen LogP) is 4.32. The third kappa shape index (κ3) is 7.55. The third-order valence-corrected chi connectivity index (χ3v) is 3.95. The van der Waals surface area contributed by atoms with E-state index in [1.807, 2.05) is 19.9 Å². The van der Waals surface area contributed by atoms with Gasteiger partial charge in [-0.05, 0) is 58.8 Å². The van der Waals surface area contributed by atoms with Gasteiger partial charge in [-0.15, -0.1) is 6.58 Å². The molecule has 126 valence electrons. The Labute approximate surface area is 136 Å². The minimum absolute atomic E-state index is 0.237. The molecule has 0 aliphatic heterocycles. The van der Waals surface area contributed by atoms with E-state index in [2.05, 4.69) is 25.4 Å². The quantitative estimate of drug-likeness (QED) is 0.441. The Hall–Kier alpha value is -1.42. The first-order chi connectivity index (χ1) is 10.4. The minimum atomic E-state index is 0.237. The highest BCUT2D eigenvalue weighted by Gasteiger charge is 2.19. The molecule has 0 rings (SSSR count). The number of nitrogens with one attached hydrogen (secondary N) is 1. The highest BCUT2D eigenvalue weighted by atomic mass is 16.5. The zero-order chi connectivity index (χ0) is 17.1. The van der Waals surface area contributed by atoms with E-state index in [9.17, 15) is 0 Å². The van der Waals surface area contributed by atoms with Crippen molar-refractivity contribution in [3.63, 3.8) is 0 Å². The maximum atomic E-state index is 7.69. The number of nitrogens with two attached hydrogens (primary N) is 1. The van der Waals surface area contributed by atoms with Crippen LogP contribution < -0.4 is 5.73 Å². The molecule has 4 heteroatoms. The Bertz CT molecular complexity index is 413. The van der Waals surface area contributed by atoms with E-state index in [1.54, 1.807) is 13.1 Å². The fourth-order valence-electron chi connectivity index (χ4n) is 2.53. The van der Waals surface area contributed by atoms with Crippen molar-refractivity contribution in [3.8, 4) is 0 Å². The van der Waals surface area contributed by atoms with E-state index in [4.69, 9.17) is 15.9 Å². The lowest BCUT2D eigenvalue weighted by Crippen LogP contribution is -2.19. The third-order valence-electron chi connectivity index (χ3n) is 3.95. The summed E-state index contributed by atoms with van der Waals surface area (Å²) in [4.78, 5) is 4.35. The molecule has 0 aliphatic carbocycles. The van der Waals surface area contributed by atoms with Crippen molar-refractivity contribution >= 4 is 11.9 Å². The molecule has 0 fully saturated rings. The van der Waals surface area contributed by atoms with Gasteiger partial charge in [0.25, 0.3) is 0 Å². The predicted molar refractivity (Wildman–Crippen MR) is 96.6 cm³/mol. The normalized spacial score (nSPS) is 17.0. The number of allylic oxidation sites excluding steroid dienone is 3. The van der Waals surface area contributed by atoms with Crippen LogP contribution >= 0.6 is 0 Å². The maximum absolute atomic E-state index is 7.69. The van der Waals surface area contributed by atoms with Gasteiger partial charge in [0.1, 0.15) is 0 Å².